The predicted octanol–water partition coefficient (Wildman–Crippen LogP) is 3.20. The number of benzene rings is 1. The molecule has 0 radical (unpaired) electrons. The van der Waals surface area contributed by atoms with Gasteiger partial charge in [-0.15, -0.1) is 0 Å². The van der Waals surface area contributed by atoms with Crippen LogP contribution in [0.1, 0.15) is 31.9 Å². The van der Waals surface area contributed by atoms with E-state index in [9.17, 15) is 4.79 Å². The van der Waals surface area contributed by atoms with Gasteiger partial charge < -0.3 is 0 Å². The summed E-state index contributed by atoms with van der Waals surface area (Å²) in [6, 6.07) is 7.97. The molecular formula is C13H16O. The van der Waals surface area contributed by atoms with Crippen molar-refractivity contribution in [1.29, 1.82) is 0 Å². The fourth-order valence-electron chi connectivity index (χ4n) is 1.25. The summed E-state index contributed by atoms with van der Waals surface area (Å²) in [7, 11) is 0. The average molecular weight is 188 g/mol. The highest BCUT2D eigenvalue weighted by molar-refractivity contribution is 6.05. The second kappa shape index (κ2) is 3.79. The van der Waals surface area contributed by atoms with Crippen molar-refractivity contribution in [2.75, 3.05) is 0 Å². The van der Waals surface area contributed by atoms with E-state index in [-0.39, 0.29) is 5.41 Å². The van der Waals surface area contributed by atoms with Crippen LogP contribution < -0.4 is 0 Å². The first kappa shape index (κ1) is 10.7. The van der Waals surface area contributed by atoms with Crippen LogP contribution in [0, 0.1) is 0 Å². The van der Waals surface area contributed by atoms with Crippen LogP contribution in [0.5, 0.6) is 0 Å². The van der Waals surface area contributed by atoms with Gasteiger partial charge in [-0.3, -0.25) is 4.79 Å². The number of carbonyl (C=O) groups is 1. The minimum Gasteiger partial charge on any atom is -0.298 e. The molecule has 1 rings (SSSR count). The van der Waals surface area contributed by atoms with Gasteiger partial charge in [-0.25, -0.2) is 0 Å². The van der Waals surface area contributed by atoms with Crippen LogP contribution in [-0.2, 0) is 10.2 Å². The first-order valence-corrected chi connectivity index (χ1v) is 4.70. The average Bonchev–Trinajstić information content (AvgIpc) is 2.15. The predicted molar refractivity (Wildman–Crippen MR) is 60.2 cm³/mol. The SMILES string of the molecule is C=C(C=O)c1ccc(C(C)(C)C)cc1. The van der Waals surface area contributed by atoms with Crippen molar-refractivity contribution in [1.82, 2.24) is 0 Å². The Morgan fingerprint density at radius 1 is 1.21 bits per heavy atom. The Hall–Kier alpha value is -1.37. The molecule has 0 N–H and O–H groups in total. The summed E-state index contributed by atoms with van der Waals surface area (Å²) in [4.78, 5) is 10.5. The van der Waals surface area contributed by atoms with E-state index in [2.05, 4.69) is 27.4 Å². The molecule has 0 spiro atoms. The van der Waals surface area contributed by atoms with Gasteiger partial charge in [0.25, 0.3) is 0 Å². The number of hydrogen-bond donors (Lipinski definition) is 0. The fraction of sp³-hybridized carbons (Fsp3) is 0.308. The summed E-state index contributed by atoms with van der Waals surface area (Å²) in [5, 5.41) is 0. The Bertz CT molecular complexity index is 338. The van der Waals surface area contributed by atoms with Crippen LogP contribution in [0.25, 0.3) is 5.57 Å². The van der Waals surface area contributed by atoms with Crippen molar-refractivity contribution >= 4 is 11.9 Å². The molecule has 0 saturated carbocycles. The van der Waals surface area contributed by atoms with Gasteiger partial charge in [0.05, 0.1) is 0 Å². The van der Waals surface area contributed by atoms with Crippen LogP contribution in [0.2, 0.25) is 0 Å². The lowest BCUT2D eigenvalue weighted by Gasteiger charge is -2.19. The molecule has 0 atom stereocenters. The Balaban J connectivity index is 3.00. The summed E-state index contributed by atoms with van der Waals surface area (Å²) in [5.74, 6) is 0. The van der Waals surface area contributed by atoms with E-state index < -0.39 is 0 Å². The number of carbonyl (C=O) groups excluding carboxylic acids is 1. The molecule has 0 bridgehead atoms. The molecule has 1 aromatic rings. The van der Waals surface area contributed by atoms with Gasteiger partial charge in [-0.1, -0.05) is 51.6 Å². The van der Waals surface area contributed by atoms with E-state index in [0.717, 1.165) is 11.8 Å². The van der Waals surface area contributed by atoms with E-state index in [1.165, 1.54) is 5.56 Å². The Morgan fingerprint density at radius 3 is 2.07 bits per heavy atom. The van der Waals surface area contributed by atoms with Crippen LogP contribution in [-0.4, -0.2) is 6.29 Å². The van der Waals surface area contributed by atoms with Gasteiger partial charge in [0.15, 0.2) is 0 Å². The van der Waals surface area contributed by atoms with Crippen molar-refractivity contribution in [3.8, 4) is 0 Å². The third kappa shape index (κ3) is 2.32. The van der Waals surface area contributed by atoms with Gasteiger partial charge in [-0.05, 0) is 16.5 Å². The molecule has 74 valence electrons. The lowest BCUT2D eigenvalue weighted by atomic mass is 9.86. The van der Waals surface area contributed by atoms with Crippen LogP contribution in [0.15, 0.2) is 30.8 Å². The summed E-state index contributed by atoms with van der Waals surface area (Å²) in [5.41, 5.74) is 2.85. The quantitative estimate of drug-likeness (QED) is 0.514. The maximum atomic E-state index is 10.5. The van der Waals surface area contributed by atoms with Crippen molar-refractivity contribution in [3.63, 3.8) is 0 Å². The highest BCUT2D eigenvalue weighted by Gasteiger charge is 2.12. The first-order chi connectivity index (χ1) is 6.45. The molecule has 0 fully saturated rings. The standard InChI is InChI=1S/C13H16O/c1-10(9-14)11-5-7-12(8-6-11)13(2,3)4/h5-9H,1H2,2-4H3. The van der Waals surface area contributed by atoms with Crippen molar-refractivity contribution in [2.24, 2.45) is 0 Å². The lowest BCUT2D eigenvalue weighted by molar-refractivity contribution is -0.103. The van der Waals surface area contributed by atoms with Gasteiger partial charge in [0.1, 0.15) is 6.29 Å². The molecule has 0 aliphatic carbocycles. The smallest absolute Gasteiger partial charge is 0.150 e. The maximum Gasteiger partial charge on any atom is 0.150 e. The third-order valence-electron chi connectivity index (χ3n) is 2.26. The van der Waals surface area contributed by atoms with E-state index in [1.807, 2.05) is 24.3 Å². The molecular weight excluding hydrogens is 172 g/mol. The zero-order chi connectivity index (χ0) is 10.8. The van der Waals surface area contributed by atoms with Crippen molar-refractivity contribution < 1.29 is 4.79 Å². The maximum absolute atomic E-state index is 10.5. The Kier molecular flexibility index (Phi) is 2.90. The van der Waals surface area contributed by atoms with E-state index in [1.54, 1.807) is 0 Å². The monoisotopic (exact) mass is 188 g/mol. The molecule has 0 saturated heterocycles. The molecule has 1 nitrogen and oxygen atoms in total. The minimum absolute atomic E-state index is 0.154. The molecule has 0 amide bonds. The minimum atomic E-state index is 0.154. The lowest BCUT2D eigenvalue weighted by Crippen LogP contribution is -2.10. The number of rotatable bonds is 2. The topological polar surface area (TPSA) is 17.1 Å². The summed E-state index contributed by atoms with van der Waals surface area (Å²) < 4.78 is 0. The zero-order valence-electron chi connectivity index (χ0n) is 9.00. The summed E-state index contributed by atoms with van der Waals surface area (Å²) in [6.07, 6.45) is 0.784. The molecule has 1 aromatic carbocycles. The van der Waals surface area contributed by atoms with Gasteiger partial charge >= 0.3 is 0 Å². The highest BCUT2D eigenvalue weighted by Crippen LogP contribution is 2.23. The largest absolute Gasteiger partial charge is 0.298 e. The van der Waals surface area contributed by atoms with Gasteiger partial charge in [-0.2, -0.15) is 0 Å². The summed E-state index contributed by atoms with van der Waals surface area (Å²) >= 11 is 0. The van der Waals surface area contributed by atoms with Crippen LogP contribution in [0.4, 0.5) is 0 Å². The first-order valence-electron chi connectivity index (χ1n) is 4.70. The molecule has 14 heavy (non-hydrogen) atoms. The second-order valence-electron chi connectivity index (χ2n) is 4.47. The Labute approximate surface area is 85.5 Å². The molecule has 0 aromatic heterocycles. The van der Waals surface area contributed by atoms with E-state index in [0.29, 0.717) is 5.57 Å². The van der Waals surface area contributed by atoms with Crippen molar-refractivity contribution in [2.45, 2.75) is 26.2 Å². The van der Waals surface area contributed by atoms with Crippen LogP contribution in [0.3, 0.4) is 0 Å². The zero-order valence-corrected chi connectivity index (χ0v) is 9.00. The number of aldehydes is 1. The Morgan fingerprint density at radius 2 is 1.71 bits per heavy atom. The number of allylic oxidation sites excluding steroid dienone is 1. The normalized spacial score (nSPS) is 11.1. The van der Waals surface area contributed by atoms with Gasteiger partial charge in [0.2, 0.25) is 0 Å². The van der Waals surface area contributed by atoms with Crippen LogP contribution >= 0.6 is 0 Å². The molecule has 0 heterocycles. The van der Waals surface area contributed by atoms with E-state index >= 15 is 0 Å². The fourth-order valence-corrected chi connectivity index (χ4v) is 1.25. The van der Waals surface area contributed by atoms with Gasteiger partial charge in [0, 0.05) is 5.57 Å². The molecule has 0 aliphatic rings. The highest BCUT2D eigenvalue weighted by atomic mass is 16.1. The number of hydrogen-bond acceptors (Lipinski definition) is 1. The molecule has 0 aliphatic heterocycles. The third-order valence-corrected chi connectivity index (χ3v) is 2.26. The van der Waals surface area contributed by atoms with Crippen molar-refractivity contribution in [3.05, 3.63) is 42.0 Å². The molecule has 0 unspecified atom stereocenters. The second-order valence-corrected chi connectivity index (χ2v) is 4.47. The molecule has 1 heteroatoms. The van der Waals surface area contributed by atoms with E-state index in [4.69, 9.17) is 0 Å². The summed E-state index contributed by atoms with van der Waals surface area (Å²) in [6.45, 7) is 10.2.